The zero-order valence-electron chi connectivity index (χ0n) is 51.0. The summed E-state index contributed by atoms with van der Waals surface area (Å²) in [5.41, 5.74) is 5.39. The Morgan fingerprint density at radius 1 is 0.342 bits per heavy atom. The molecule has 0 aromatic heterocycles. The van der Waals surface area contributed by atoms with Crippen LogP contribution in [0.2, 0.25) is 0 Å². The molecule has 3 N–H and O–H groups in total. The first-order chi connectivity index (χ1) is 37.3. The van der Waals surface area contributed by atoms with Crippen LogP contribution in [0.4, 0.5) is 0 Å². The molecule has 0 aromatic rings. The van der Waals surface area contributed by atoms with Gasteiger partial charge in [0.05, 0.1) is 13.2 Å². The van der Waals surface area contributed by atoms with Crippen molar-refractivity contribution in [3.05, 3.63) is 0 Å². The van der Waals surface area contributed by atoms with Gasteiger partial charge in [0.2, 0.25) is 0 Å². The minimum atomic E-state index is -4.38. The Bertz CT molecular complexity index is 1210. The van der Waals surface area contributed by atoms with Crippen LogP contribution in [-0.2, 0) is 32.7 Å². The molecular formula is C66H132NO8P. The van der Waals surface area contributed by atoms with Crippen molar-refractivity contribution in [2.24, 2.45) is 5.73 Å². The Morgan fingerprint density at radius 2 is 0.566 bits per heavy atom. The molecule has 0 aliphatic rings. The van der Waals surface area contributed by atoms with E-state index in [-0.39, 0.29) is 38.6 Å². The number of esters is 2. The number of phosphoric ester groups is 1. The van der Waals surface area contributed by atoms with Crippen LogP contribution in [0.5, 0.6) is 0 Å². The number of hydrogen-bond acceptors (Lipinski definition) is 8. The molecule has 0 aliphatic heterocycles. The third-order valence-electron chi connectivity index (χ3n) is 15.7. The Kier molecular flexibility index (Phi) is 62.4. The first kappa shape index (κ1) is 75.0. The van der Waals surface area contributed by atoms with Crippen LogP contribution >= 0.6 is 7.82 Å². The van der Waals surface area contributed by atoms with Gasteiger partial charge in [0.15, 0.2) is 6.10 Å². The summed E-state index contributed by atoms with van der Waals surface area (Å²) < 4.78 is 33.1. The molecule has 0 radical (unpaired) electrons. The number of carbonyl (C=O) groups excluding carboxylic acids is 2. The van der Waals surface area contributed by atoms with Crippen LogP contribution in [0.1, 0.15) is 380 Å². The SMILES string of the molecule is CCCCCCCCCCCCCCCCCCCCCCCCCCCCCCCCCCCCCCCCCCCC(=O)OC(COC(=O)CCCCCCCCCCCCCCCC)COP(=O)(O)OCCN. The first-order valence-corrected chi connectivity index (χ1v) is 35.5. The first-order valence-electron chi connectivity index (χ1n) is 34.0. The average molecular weight is 1100 g/mol. The second-order valence-corrected chi connectivity index (χ2v) is 24.9. The minimum Gasteiger partial charge on any atom is -0.462 e. The molecule has 0 heterocycles. The van der Waals surface area contributed by atoms with E-state index in [1.807, 2.05) is 0 Å². The van der Waals surface area contributed by atoms with Crippen molar-refractivity contribution in [1.29, 1.82) is 0 Å². The summed E-state index contributed by atoms with van der Waals surface area (Å²) in [6.45, 7) is 3.82. The standard InChI is InChI=1S/C66H132NO8P/c1-3-5-7-9-11-13-15-17-19-20-21-22-23-24-25-26-27-28-29-30-31-32-33-34-35-36-37-38-39-40-41-42-43-44-45-47-49-51-53-55-57-59-66(69)75-64(63-74-76(70,71)73-61-60-67)62-72-65(68)58-56-54-52-50-48-46-18-16-14-12-10-8-6-4-2/h64H,3-63,67H2,1-2H3,(H,70,71). The van der Waals surface area contributed by atoms with Gasteiger partial charge in [-0.2, -0.15) is 0 Å². The van der Waals surface area contributed by atoms with Gasteiger partial charge in [-0.25, -0.2) is 4.57 Å². The molecule has 2 atom stereocenters. The summed E-state index contributed by atoms with van der Waals surface area (Å²) in [5.74, 6) is -0.803. The van der Waals surface area contributed by atoms with Crippen molar-refractivity contribution in [1.82, 2.24) is 0 Å². The number of ether oxygens (including phenoxy) is 2. The zero-order chi connectivity index (χ0) is 55.2. The Balaban J connectivity index is 3.66. The monoisotopic (exact) mass is 1100 g/mol. The van der Waals surface area contributed by atoms with E-state index in [2.05, 4.69) is 13.8 Å². The highest BCUT2D eigenvalue weighted by Crippen LogP contribution is 2.43. The Labute approximate surface area is 473 Å². The molecule has 454 valence electrons. The molecule has 0 fully saturated rings. The Morgan fingerprint density at radius 3 is 0.803 bits per heavy atom. The van der Waals surface area contributed by atoms with E-state index in [1.165, 1.54) is 315 Å². The maximum Gasteiger partial charge on any atom is 0.472 e. The molecule has 0 aliphatic carbocycles. The largest absolute Gasteiger partial charge is 0.472 e. The van der Waals surface area contributed by atoms with Gasteiger partial charge >= 0.3 is 19.8 Å². The molecule has 0 rings (SSSR count). The van der Waals surface area contributed by atoms with E-state index in [1.54, 1.807) is 0 Å². The summed E-state index contributed by atoms with van der Waals surface area (Å²) in [4.78, 5) is 35.2. The Hall–Kier alpha value is -0.990. The molecule has 0 aromatic carbocycles. The number of carbonyl (C=O) groups is 2. The van der Waals surface area contributed by atoms with Crippen molar-refractivity contribution in [2.75, 3.05) is 26.4 Å². The highest BCUT2D eigenvalue weighted by Gasteiger charge is 2.26. The fraction of sp³-hybridized carbons (Fsp3) is 0.970. The second-order valence-electron chi connectivity index (χ2n) is 23.4. The molecule has 10 heteroatoms. The molecule has 0 amide bonds. The maximum absolute atomic E-state index is 12.7. The van der Waals surface area contributed by atoms with Gasteiger partial charge in [-0.3, -0.25) is 18.6 Å². The van der Waals surface area contributed by atoms with Crippen molar-refractivity contribution in [3.8, 4) is 0 Å². The quantitative estimate of drug-likeness (QED) is 0.0347. The van der Waals surface area contributed by atoms with Gasteiger partial charge in [-0.15, -0.1) is 0 Å². The summed E-state index contributed by atoms with van der Waals surface area (Å²) in [6, 6.07) is 0. The van der Waals surface area contributed by atoms with Crippen molar-refractivity contribution < 1.29 is 37.6 Å². The fourth-order valence-electron chi connectivity index (χ4n) is 10.7. The molecular weight excluding hydrogens is 966 g/mol. The van der Waals surface area contributed by atoms with Gasteiger partial charge in [-0.05, 0) is 12.8 Å². The summed E-state index contributed by atoms with van der Waals surface area (Å²) >= 11 is 0. The minimum absolute atomic E-state index is 0.0585. The highest BCUT2D eigenvalue weighted by molar-refractivity contribution is 7.47. The van der Waals surface area contributed by atoms with Gasteiger partial charge in [-0.1, -0.05) is 354 Å². The molecule has 9 nitrogen and oxygen atoms in total. The number of nitrogens with two attached hydrogens (primary N) is 1. The lowest BCUT2D eigenvalue weighted by Crippen LogP contribution is -2.29. The summed E-state index contributed by atoms with van der Waals surface area (Å²) in [5, 5.41) is 0. The van der Waals surface area contributed by atoms with E-state index in [9.17, 15) is 19.0 Å². The van der Waals surface area contributed by atoms with E-state index >= 15 is 0 Å². The van der Waals surface area contributed by atoms with Gasteiger partial charge in [0.1, 0.15) is 6.61 Å². The lowest BCUT2D eigenvalue weighted by molar-refractivity contribution is -0.161. The van der Waals surface area contributed by atoms with Gasteiger partial charge < -0.3 is 20.1 Å². The zero-order valence-corrected chi connectivity index (χ0v) is 51.9. The smallest absolute Gasteiger partial charge is 0.462 e. The van der Waals surface area contributed by atoms with Gasteiger partial charge in [0.25, 0.3) is 0 Å². The van der Waals surface area contributed by atoms with E-state index in [0.29, 0.717) is 6.42 Å². The summed E-state index contributed by atoms with van der Waals surface area (Å²) in [7, 11) is -4.38. The molecule has 0 saturated heterocycles. The van der Waals surface area contributed by atoms with Crippen molar-refractivity contribution in [3.63, 3.8) is 0 Å². The van der Waals surface area contributed by atoms with E-state index in [4.69, 9.17) is 24.3 Å². The maximum atomic E-state index is 12.7. The number of unbranched alkanes of at least 4 members (excludes halogenated alkanes) is 53. The third-order valence-corrected chi connectivity index (χ3v) is 16.7. The average Bonchev–Trinajstić information content (AvgIpc) is 3.41. The van der Waals surface area contributed by atoms with Crippen LogP contribution in [0.3, 0.4) is 0 Å². The topological polar surface area (TPSA) is 134 Å². The van der Waals surface area contributed by atoms with Crippen LogP contribution in [-0.4, -0.2) is 49.3 Å². The van der Waals surface area contributed by atoms with Crippen LogP contribution in [0.25, 0.3) is 0 Å². The number of phosphoric acid groups is 1. The van der Waals surface area contributed by atoms with Crippen LogP contribution in [0.15, 0.2) is 0 Å². The van der Waals surface area contributed by atoms with E-state index in [0.717, 1.165) is 32.1 Å². The van der Waals surface area contributed by atoms with Crippen molar-refractivity contribution in [2.45, 2.75) is 386 Å². The lowest BCUT2D eigenvalue weighted by Gasteiger charge is -2.19. The molecule has 0 spiro atoms. The van der Waals surface area contributed by atoms with Gasteiger partial charge in [0, 0.05) is 19.4 Å². The molecule has 0 saturated carbocycles. The molecule has 0 bridgehead atoms. The normalized spacial score (nSPS) is 12.8. The number of hydrogen-bond donors (Lipinski definition) is 2. The molecule has 2 unspecified atom stereocenters. The predicted octanol–water partition coefficient (Wildman–Crippen LogP) is 21.8. The van der Waals surface area contributed by atoms with Crippen LogP contribution < -0.4 is 5.73 Å². The van der Waals surface area contributed by atoms with Crippen LogP contribution in [0, 0.1) is 0 Å². The third kappa shape index (κ3) is 62.2. The van der Waals surface area contributed by atoms with Crippen molar-refractivity contribution >= 4 is 19.8 Å². The number of rotatable bonds is 66. The molecule has 76 heavy (non-hydrogen) atoms. The second kappa shape index (κ2) is 63.2. The lowest BCUT2D eigenvalue weighted by atomic mass is 10.0. The fourth-order valence-corrected chi connectivity index (χ4v) is 11.5. The predicted molar refractivity (Wildman–Crippen MR) is 326 cm³/mol. The summed E-state index contributed by atoms with van der Waals surface area (Å²) in [6.07, 6.45) is 73.7. The highest BCUT2D eigenvalue weighted by atomic mass is 31.2. The van der Waals surface area contributed by atoms with E-state index < -0.39 is 26.5 Å².